The van der Waals surface area contributed by atoms with Gasteiger partial charge in [-0.3, -0.25) is 4.79 Å². The summed E-state index contributed by atoms with van der Waals surface area (Å²) in [5, 5.41) is 0.494. The Morgan fingerprint density at radius 3 is 2.61 bits per heavy atom. The van der Waals surface area contributed by atoms with Crippen molar-refractivity contribution in [2.24, 2.45) is 0 Å². The lowest BCUT2D eigenvalue weighted by Crippen LogP contribution is -2.10. The fourth-order valence-electron chi connectivity index (χ4n) is 3.18. The number of ether oxygens (including phenoxy) is 1. The molecule has 136 valence electrons. The predicted molar refractivity (Wildman–Crippen MR) is 112 cm³/mol. The summed E-state index contributed by atoms with van der Waals surface area (Å²) in [5.74, 6) is 1.87. The van der Waals surface area contributed by atoms with Crippen molar-refractivity contribution >= 4 is 32.5 Å². The number of nitrogens with zero attached hydrogens (tertiary/aromatic N) is 2. The molecule has 0 radical (unpaired) electrons. The van der Waals surface area contributed by atoms with E-state index in [1.165, 1.54) is 0 Å². The number of aryl methyl sites for hydroxylation is 1. The largest absolute Gasteiger partial charge is 0.457 e. The molecule has 0 fully saturated rings. The van der Waals surface area contributed by atoms with Gasteiger partial charge in [-0.25, -0.2) is 9.97 Å². The zero-order chi connectivity index (χ0) is 19.1. The molecule has 0 amide bonds. The van der Waals surface area contributed by atoms with Crippen LogP contribution in [-0.2, 0) is 0 Å². The lowest BCUT2D eigenvalue weighted by Gasteiger charge is -2.08. The topological polar surface area (TPSA) is 67.9 Å². The van der Waals surface area contributed by atoms with Crippen molar-refractivity contribution in [2.45, 2.75) is 6.92 Å². The minimum absolute atomic E-state index is 0.188. The van der Waals surface area contributed by atoms with Crippen molar-refractivity contribution in [3.8, 4) is 22.9 Å². The minimum Gasteiger partial charge on any atom is -0.457 e. The molecule has 0 aliphatic rings. The molecular weight excluding hydrogens is 370 g/mol. The smallest absolute Gasteiger partial charge is 0.259 e. The van der Waals surface area contributed by atoms with Gasteiger partial charge in [-0.05, 0) is 42.8 Å². The van der Waals surface area contributed by atoms with Crippen LogP contribution in [0.1, 0.15) is 5.56 Å². The van der Waals surface area contributed by atoms with E-state index in [9.17, 15) is 4.79 Å². The molecule has 0 aliphatic carbocycles. The van der Waals surface area contributed by atoms with Crippen molar-refractivity contribution < 1.29 is 4.74 Å². The molecule has 5 rings (SSSR count). The summed E-state index contributed by atoms with van der Waals surface area (Å²) in [4.78, 5) is 24.5. The van der Waals surface area contributed by atoms with E-state index >= 15 is 0 Å². The van der Waals surface area contributed by atoms with Crippen molar-refractivity contribution in [1.82, 2.24) is 15.0 Å². The predicted octanol–water partition coefficient (Wildman–Crippen LogP) is 5.30. The van der Waals surface area contributed by atoms with Crippen molar-refractivity contribution in [3.63, 3.8) is 0 Å². The first kappa shape index (κ1) is 16.6. The number of H-pyrrole nitrogens is 1. The summed E-state index contributed by atoms with van der Waals surface area (Å²) in [6.07, 6.45) is 0. The second-order valence-electron chi connectivity index (χ2n) is 6.49. The first-order chi connectivity index (χ1) is 13.7. The Balaban J connectivity index is 1.54. The van der Waals surface area contributed by atoms with Crippen LogP contribution in [0.3, 0.4) is 0 Å². The number of nitrogens with one attached hydrogen (secondary N) is 1. The highest BCUT2D eigenvalue weighted by atomic mass is 32.1. The minimum atomic E-state index is -0.188. The molecule has 0 spiro atoms. The van der Waals surface area contributed by atoms with Crippen LogP contribution in [0, 0.1) is 6.92 Å². The van der Waals surface area contributed by atoms with Gasteiger partial charge >= 0.3 is 0 Å². The maximum Gasteiger partial charge on any atom is 0.259 e. The fourth-order valence-corrected chi connectivity index (χ4v) is 3.89. The molecule has 0 aliphatic heterocycles. The van der Waals surface area contributed by atoms with Crippen LogP contribution in [0.4, 0.5) is 0 Å². The highest BCUT2D eigenvalue weighted by Gasteiger charge is 2.10. The van der Waals surface area contributed by atoms with Gasteiger partial charge in [0.15, 0.2) is 0 Å². The molecular formula is C22H15N3O2S. The normalized spacial score (nSPS) is 11.2. The Labute approximate surface area is 164 Å². The number of aromatic nitrogens is 3. The summed E-state index contributed by atoms with van der Waals surface area (Å²) >= 11 is 1.56. The molecule has 5 aromatic rings. The van der Waals surface area contributed by atoms with E-state index in [0.29, 0.717) is 28.2 Å². The van der Waals surface area contributed by atoms with E-state index in [1.54, 1.807) is 17.4 Å². The van der Waals surface area contributed by atoms with Crippen LogP contribution >= 0.6 is 11.3 Å². The maximum atomic E-state index is 12.7. The summed E-state index contributed by atoms with van der Waals surface area (Å²) in [7, 11) is 0. The van der Waals surface area contributed by atoms with Crippen molar-refractivity contribution in [1.29, 1.82) is 0 Å². The molecule has 0 bridgehead atoms. The Morgan fingerprint density at radius 2 is 1.75 bits per heavy atom. The molecule has 1 N–H and O–H groups in total. The first-order valence-electron chi connectivity index (χ1n) is 8.78. The molecule has 5 nitrogen and oxygen atoms in total. The van der Waals surface area contributed by atoms with E-state index in [0.717, 1.165) is 21.3 Å². The average molecular weight is 385 g/mol. The van der Waals surface area contributed by atoms with Crippen LogP contribution in [0.15, 0.2) is 71.0 Å². The van der Waals surface area contributed by atoms with Gasteiger partial charge in [0.05, 0.1) is 26.6 Å². The van der Waals surface area contributed by atoms with Crippen molar-refractivity contribution in [2.75, 3.05) is 0 Å². The van der Waals surface area contributed by atoms with Crippen LogP contribution in [0.2, 0.25) is 0 Å². The molecule has 6 heteroatoms. The van der Waals surface area contributed by atoms with E-state index < -0.39 is 0 Å². The van der Waals surface area contributed by atoms with Crippen LogP contribution < -0.4 is 10.3 Å². The van der Waals surface area contributed by atoms with E-state index in [2.05, 4.69) is 15.0 Å². The summed E-state index contributed by atoms with van der Waals surface area (Å²) in [5.41, 5.74) is 5.17. The van der Waals surface area contributed by atoms with Gasteiger partial charge in [0.2, 0.25) is 0 Å². The Hall–Kier alpha value is -3.51. The molecule has 3 aromatic carbocycles. The van der Waals surface area contributed by atoms with E-state index in [1.807, 2.05) is 67.0 Å². The monoisotopic (exact) mass is 385 g/mol. The number of thiazole rings is 1. The highest BCUT2D eigenvalue weighted by molar-refractivity contribution is 7.16. The van der Waals surface area contributed by atoms with Crippen molar-refractivity contribution in [3.05, 3.63) is 82.1 Å². The number of rotatable bonds is 3. The lowest BCUT2D eigenvalue weighted by molar-refractivity contribution is 0.484. The fraction of sp³-hybridized carbons (Fsp3) is 0.0455. The molecule has 0 unspecified atom stereocenters. The maximum absolute atomic E-state index is 12.7. The first-order valence-corrected chi connectivity index (χ1v) is 9.66. The zero-order valence-corrected chi connectivity index (χ0v) is 15.8. The molecule has 0 atom stereocenters. The van der Waals surface area contributed by atoms with Gasteiger partial charge < -0.3 is 9.72 Å². The SMILES string of the molecule is Cc1ccccc1-c1nc2ccc(Oc3ccc4ncsc4c3)cc2c(=O)[nH]1. The second kappa shape index (κ2) is 6.58. The Kier molecular flexibility index (Phi) is 3.91. The molecule has 2 heterocycles. The summed E-state index contributed by atoms with van der Waals surface area (Å²) < 4.78 is 7.01. The third kappa shape index (κ3) is 2.93. The Morgan fingerprint density at radius 1 is 0.964 bits per heavy atom. The van der Waals surface area contributed by atoms with Gasteiger partial charge in [0, 0.05) is 11.6 Å². The molecule has 2 aromatic heterocycles. The van der Waals surface area contributed by atoms with Gasteiger partial charge in [0.25, 0.3) is 5.56 Å². The lowest BCUT2D eigenvalue weighted by atomic mass is 10.1. The summed E-state index contributed by atoms with van der Waals surface area (Å²) in [6.45, 7) is 2.00. The summed E-state index contributed by atoms with van der Waals surface area (Å²) in [6, 6.07) is 18.9. The molecule has 0 saturated heterocycles. The van der Waals surface area contributed by atoms with E-state index in [4.69, 9.17) is 4.74 Å². The van der Waals surface area contributed by atoms with Gasteiger partial charge in [-0.1, -0.05) is 24.3 Å². The van der Waals surface area contributed by atoms with Crippen LogP contribution in [0.25, 0.3) is 32.5 Å². The average Bonchev–Trinajstić information content (AvgIpc) is 3.16. The van der Waals surface area contributed by atoms with Crippen LogP contribution in [-0.4, -0.2) is 15.0 Å². The van der Waals surface area contributed by atoms with Gasteiger partial charge in [-0.2, -0.15) is 0 Å². The Bertz CT molecular complexity index is 1390. The van der Waals surface area contributed by atoms with Gasteiger partial charge in [-0.15, -0.1) is 11.3 Å². The molecule has 28 heavy (non-hydrogen) atoms. The standard InChI is InChI=1S/C22H15N3O2S/c1-13-4-2-3-5-16(13)21-24-18-8-6-14(10-17(18)22(26)25-21)27-15-7-9-19-20(11-15)28-12-23-19/h2-12H,1H3,(H,24,25,26). The number of aromatic amines is 1. The van der Waals surface area contributed by atoms with Crippen LogP contribution in [0.5, 0.6) is 11.5 Å². The quantitative estimate of drug-likeness (QED) is 0.458. The second-order valence-corrected chi connectivity index (χ2v) is 7.38. The third-order valence-electron chi connectivity index (χ3n) is 4.62. The number of benzene rings is 3. The number of hydrogen-bond donors (Lipinski definition) is 1. The molecule has 0 saturated carbocycles. The van der Waals surface area contributed by atoms with Gasteiger partial charge in [0.1, 0.15) is 17.3 Å². The highest BCUT2D eigenvalue weighted by Crippen LogP contribution is 2.29. The zero-order valence-electron chi connectivity index (χ0n) is 15.0. The number of fused-ring (bicyclic) bond motifs is 2. The van der Waals surface area contributed by atoms with E-state index in [-0.39, 0.29) is 5.56 Å². The number of hydrogen-bond acceptors (Lipinski definition) is 5. The third-order valence-corrected chi connectivity index (χ3v) is 5.41.